The van der Waals surface area contributed by atoms with E-state index in [1.54, 1.807) is 12.1 Å². The topological polar surface area (TPSA) is 106 Å². The third-order valence-corrected chi connectivity index (χ3v) is 6.30. The van der Waals surface area contributed by atoms with Crippen LogP contribution in [0.5, 0.6) is 17.2 Å². The minimum Gasteiger partial charge on any atom is -0.502 e. The maximum absolute atomic E-state index is 13.0. The lowest BCUT2D eigenvalue weighted by Crippen LogP contribution is -2.27. The van der Waals surface area contributed by atoms with E-state index < -0.39 is 5.92 Å². The lowest BCUT2D eigenvalue weighted by Gasteiger charge is -2.27. The molecule has 2 aromatic rings. The SMILES string of the molecule is COc1cc([C@@H]2CC(=O)Nc3c2c(=O)[nH]n3C2CCCCCCC2)cc(OC)c1O. The third kappa shape index (κ3) is 3.66. The number of benzene rings is 1. The summed E-state index contributed by atoms with van der Waals surface area (Å²) in [6, 6.07) is 3.50. The van der Waals surface area contributed by atoms with E-state index in [2.05, 4.69) is 10.4 Å². The molecular weight excluding hydrogens is 386 g/mol. The van der Waals surface area contributed by atoms with E-state index in [-0.39, 0.29) is 41.2 Å². The monoisotopic (exact) mass is 415 g/mol. The van der Waals surface area contributed by atoms with Crippen molar-refractivity contribution in [3.8, 4) is 17.2 Å². The van der Waals surface area contributed by atoms with Gasteiger partial charge in [0.25, 0.3) is 5.56 Å². The van der Waals surface area contributed by atoms with Gasteiger partial charge in [0.15, 0.2) is 11.5 Å². The average molecular weight is 415 g/mol. The van der Waals surface area contributed by atoms with Crippen molar-refractivity contribution in [1.29, 1.82) is 0 Å². The number of methoxy groups -OCH3 is 2. The molecule has 2 heterocycles. The maximum atomic E-state index is 13.0. The first-order chi connectivity index (χ1) is 14.5. The van der Waals surface area contributed by atoms with Crippen molar-refractivity contribution < 1.29 is 19.4 Å². The van der Waals surface area contributed by atoms with Gasteiger partial charge in [0.2, 0.25) is 11.7 Å². The number of phenolic OH excluding ortho intramolecular Hbond substituents is 1. The number of ether oxygens (including phenoxy) is 2. The summed E-state index contributed by atoms with van der Waals surface area (Å²) >= 11 is 0. The highest BCUT2D eigenvalue weighted by atomic mass is 16.5. The highest BCUT2D eigenvalue weighted by Crippen LogP contribution is 2.44. The number of phenols is 1. The number of aromatic nitrogens is 2. The van der Waals surface area contributed by atoms with Gasteiger partial charge in [0, 0.05) is 12.3 Å². The summed E-state index contributed by atoms with van der Waals surface area (Å²) in [5.41, 5.74) is 1.05. The Kier molecular flexibility index (Phi) is 5.74. The second-order valence-corrected chi connectivity index (χ2v) is 8.15. The van der Waals surface area contributed by atoms with Crippen molar-refractivity contribution in [2.75, 3.05) is 19.5 Å². The van der Waals surface area contributed by atoms with Crippen molar-refractivity contribution in [2.45, 2.75) is 63.3 Å². The number of aromatic hydroxyl groups is 1. The van der Waals surface area contributed by atoms with E-state index in [0.29, 0.717) is 16.9 Å². The molecule has 30 heavy (non-hydrogen) atoms. The predicted octanol–water partition coefficient (Wildman–Crippen LogP) is 3.66. The molecule has 8 heteroatoms. The fourth-order valence-corrected chi connectivity index (χ4v) is 4.75. The molecule has 1 aromatic carbocycles. The van der Waals surface area contributed by atoms with E-state index in [0.717, 1.165) is 25.7 Å². The van der Waals surface area contributed by atoms with Crippen LogP contribution in [0, 0.1) is 0 Å². The highest BCUT2D eigenvalue weighted by Gasteiger charge is 2.35. The van der Waals surface area contributed by atoms with Crippen LogP contribution in [-0.4, -0.2) is 35.0 Å². The van der Waals surface area contributed by atoms with Crippen LogP contribution < -0.4 is 20.3 Å². The lowest BCUT2D eigenvalue weighted by molar-refractivity contribution is -0.116. The van der Waals surface area contributed by atoms with Gasteiger partial charge in [-0.25, -0.2) is 0 Å². The Morgan fingerprint density at radius 3 is 2.20 bits per heavy atom. The van der Waals surface area contributed by atoms with Crippen LogP contribution in [0.4, 0.5) is 5.82 Å². The molecule has 1 fully saturated rings. The number of fused-ring (bicyclic) bond motifs is 1. The molecule has 2 aliphatic rings. The summed E-state index contributed by atoms with van der Waals surface area (Å²) in [6.07, 6.45) is 8.00. The second-order valence-electron chi connectivity index (χ2n) is 8.15. The van der Waals surface area contributed by atoms with Crippen LogP contribution in [0.2, 0.25) is 0 Å². The number of amides is 1. The highest BCUT2D eigenvalue weighted by molar-refractivity contribution is 5.94. The summed E-state index contributed by atoms with van der Waals surface area (Å²) in [7, 11) is 2.91. The summed E-state index contributed by atoms with van der Waals surface area (Å²) < 4.78 is 12.4. The molecule has 4 rings (SSSR count). The lowest BCUT2D eigenvalue weighted by atomic mass is 9.86. The first kappa shape index (κ1) is 20.4. The van der Waals surface area contributed by atoms with E-state index in [4.69, 9.17) is 9.47 Å². The van der Waals surface area contributed by atoms with Crippen molar-refractivity contribution in [3.05, 3.63) is 33.6 Å². The zero-order valence-electron chi connectivity index (χ0n) is 17.5. The molecule has 3 N–H and O–H groups in total. The molecule has 1 aliphatic carbocycles. The molecule has 1 aromatic heterocycles. The summed E-state index contributed by atoms with van der Waals surface area (Å²) in [5, 5.41) is 16.2. The molecule has 0 bridgehead atoms. The number of carbonyl (C=O) groups excluding carboxylic acids is 1. The summed E-state index contributed by atoms with van der Waals surface area (Å²) in [5.74, 6) is 0.358. The van der Waals surface area contributed by atoms with Crippen LogP contribution in [0.25, 0.3) is 0 Å². The minimum absolute atomic E-state index is 0.106. The second kappa shape index (κ2) is 8.45. The van der Waals surface area contributed by atoms with Gasteiger partial charge in [0.1, 0.15) is 5.82 Å². The standard InChI is InChI=1S/C22H29N3O5/c1-29-16-10-13(11-17(30-2)20(16)27)15-12-18(26)23-21-19(15)22(28)24-25(21)14-8-6-4-3-5-7-9-14/h10-11,14-15,27H,3-9,12H2,1-2H3,(H,23,26)(H,24,28)/t15-/m0/s1. The number of nitrogens with zero attached hydrogens (tertiary/aromatic N) is 1. The van der Waals surface area contributed by atoms with Gasteiger partial charge in [-0.2, -0.15) is 0 Å². The average Bonchev–Trinajstić information content (AvgIpc) is 3.03. The maximum Gasteiger partial charge on any atom is 0.270 e. The number of nitrogens with one attached hydrogen (secondary N) is 2. The van der Waals surface area contributed by atoms with Gasteiger partial charge in [-0.3, -0.25) is 19.4 Å². The smallest absolute Gasteiger partial charge is 0.270 e. The molecule has 0 radical (unpaired) electrons. The Morgan fingerprint density at radius 1 is 1.00 bits per heavy atom. The van der Waals surface area contributed by atoms with Crippen LogP contribution >= 0.6 is 0 Å². The first-order valence-electron chi connectivity index (χ1n) is 10.6. The van der Waals surface area contributed by atoms with Gasteiger partial charge in [-0.1, -0.05) is 32.1 Å². The van der Waals surface area contributed by atoms with Crippen molar-refractivity contribution >= 4 is 11.7 Å². The van der Waals surface area contributed by atoms with E-state index in [1.807, 2.05) is 4.68 Å². The molecule has 0 spiro atoms. The van der Waals surface area contributed by atoms with Crippen molar-refractivity contribution in [1.82, 2.24) is 9.78 Å². The molecule has 1 atom stereocenters. The number of H-pyrrole nitrogens is 1. The van der Waals surface area contributed by atoms with Gasteiger partial charge >= 0.3 is 0 Å². The zero-order chi connectivity index (χ0) is 21.3. The predicted molar refractivity (Wildman–Crippen MR) is 113 cm³/mol. The van der Waals surface area contributed by atoms with Gasteiger partial charge in [-0.15, -0.1) is 0 Å². The van der Waals surface area contributed by atoms with Gasteiger partial charge < -0.3 is 19.9 Å². The van der Waals surface area contributed by atoms with Crippen LogP contribution in [0.15, 0.2) is 16.9 Å². The number of hydrogen-bond donors (Lipinski definition) is 3. The number of hydrogen-bond acceptors (Lipinski definition) is 5. The normalized spacial score (nSPS) is 20.1. The number of rotatable bonds is 4. The van der Waals surface area contributed by atoms with Gasteiger partial charge in [-0.05, 0) is 30.5 Å². The van der Waals surface area contributed by atoms with Gasteiger partial charge in [0.05, 0.1) is 25.8 Å². The molecule has 1 saturated carbocycles. The zero-order valence-corrected chi connectivity index (χ0v) is 17.5. The molecule has 1 amide bonds. The van der Waals surface area contributed by atoms with E-state index in [9.17, 15) is 14.7 Å². The Morgan fingerprint density at radius 2 is 1.60 bits per heavy atom. The number of anilines is 1. The quantitative estimate of drug-likeness (QED) is 0.707. The Hall–Kier alpha value is -2.90. The summed E-state index contributed by atoms with van der Waals surface area (Å²) in [4.78, 5) is 25.6. The fourth-order valence-electron chi connectivity index (χ4n) is 4.75. The Bertz CT molecular complexity index is 960. The number of carbonyl (C=O) groups is 1. The molecule has 162 valence electrons. The molecule has 1 aliphatic heterocycles. The molecular formula is C22H29N3O5. The van der Waals surface area contributed by atoms with E-state index in [1.165, 1.54) is 33.5 Å². The first-order valence-corrected chi connectivity index (χ1v) is 10.6. The molecule has 8 nitrogen and oxygen atoms in total. The molecule has 0 unspecified atom stereocenters. The Balaban J connectivity index is 1.79. The fraction of sp³-hybridized carbons (Fsp3) is 0.545. The Labute approximate surface area is 175 Å². The van der Waals surface area contributed by atoms with Crippen LogP contribution in [-0.2, 0) is 4.79 Å². The minimum atomic E-state index is -0.448. The number of aromatic amines is 1. The summed E-state index contributed by atoms with van der Waals surface area (Å²) in [6.45, 7) is 0. The van der Waals surface area contributed by atoms with Crippen molar-refractivity contribution in [2.24, 2.45) is 0 Å². The third-order valence-electron chi connectivity index (χ3n) is 6.30. The van der Waals surface area contributed by atoms with Crippen LogP contribution in [0.3, 0.4) is 0 Å². The van der Waals surface area contributed by atoms with E-state index >= 15 is 0 Å². The van der Waals surface area contributed by atoms with Crippen LogP contribution in [0.1, 0.15) is 74.5 Å². The van der Waals surface area contributed by atoms with Crippen molar-refractivity contribution in [3.63, 3.8) is 0 Å². The molecule has 0 saturated heterocycles. The largest absolute Gasteiger partial charge is 0.502 e.